The van der Waals surface area contributed by atoms with E-state index >= 15 is 0 Å². The van der Waals surface area contributed by atoms with Crippen LogP contribution in [0, 0.1) is 5.82 Å². The quantitative estimate of drug-likeness (QED) is 0.323. The van der Waals surface area contributed by atoms with E-state index in [2.05, 4.69) is 49.7 Å². The molecule has 7 nitrogen and oxygen atoms in total. The Hall–Kier alpha value is -4.56. The Morgan fingerprint density at radius 1 is 0.972 bits per heavy atom. The Bertz CT molecular complexity index is 1660. The lowest BCUT2D eigenvalue weighted by molar-refractivity contribution is 0.347. The second kappa shape index (κ2) is 8.00. The Morgan fingerprint density at radius 3 is 2.67 bits per heavy atom. The fourth-order valence-electron chi connectivity index (χ4n) is 5.33. The van der Waals surface area contributed by atoms with Crippen LogP contribution in [0.4, 0.5) is 4.39 Å². The number of halogens is 1. The van der Waals surface area contributed by atoms with Crippen LogP contribution in [0.1, 0.15) is 34.3 Å². The van der Waals surface area contributed by atoms with Crippen LogP contribution in [0.2, 0.25) is 0 Å². The first-order valence-corrected chi connectivity index (χ1v) is 11.7. The van der Waals surface area contributed by atoms with Gasteiger partial charge in [-0.2, -0.15) is 5.10 Å². The zero-order valence-electron chi connectivity index (χ0n) is 19.1. The van der Waals surface area contributed by atoms with Gasteiger partial charge in [-0.05, 0) is 54.4 Å². The first-order chi connectivity index (χ1) is 17.7. The molecule has 0 amide bonds. The summed E-state index contributed by atoms with van der Waals surface area (Å²) in [6.07, 6.45) is 7.79. The molecule has 0 fully saturated rings. The maximum Gasteiger partial charge on any atom is 0.181 e. The molecule has 5 heterocycles. The number of hydrogen-bond acceptors (Lipinski definition) is 5. The van der Waals surface area contributed by atoms with Crippen molar-refractivity contribution in [2.24, 2.45) is 0 Å². The fourth-order valence-corrected chi connectivity index (χ4v) is 5.33. The van der Waals surface area contributed by atoms with Crippen LogP contribution in [0.15, 0.2) is 96.1 Å². The molecule has 3 N–H and O–H groups in total. The van der Waals surface area contributed by atoms with Crippen molar-refractivity contribution in [3.05, 3.63) is 126 Å². The lowest BCUT2D eigenvalue weighted by atomic mass is 9.75. The predicted octanol–water partition coefficient (Wildman–Crippen LogP) is 5.26. The Labute approximate surface area is 205 Å². The molecule has 36 heavy (non-hydrogen) atoms. The van der Waals surface area contributed by atoms with Gasteiger partial charge in [-0.15, -0.1) is 0 Å². The van der Waals surface area contributed by atoms with Crippen LogP contribution in [0.5, 0.6) is 0 Å². The van der Waals surface area contributed by atoms with Gasteiger partial charge in [0.1, 0.15) is 17.2 Å². The molecule has 8 heteroatoms. The van der Waals surface area contributed by atoms with Gasteiger partial charge in [-0.1, -0.05) is 24.3 Å². The average molecular weight is 477 g/mol. The first kappa shape index (κ1) is 20.8. The molecule has 0 aliphatic carbocycles. The van der Waals surface area contributed by atoms with Gasteiger partial charge in [0.25, 0.3) is 0 Å². The zero-order valence-corrected chi connectivity index (χ0v) is 19.1. The largest absolute Gasteiger partial charge is 0.472 e. The number of pyridine rings is 1. The van der Waals surface area contributed by atoms with E-state index in [1.165, 1.54) is 17.7 Å². The Balaban J connectivity index is 1.43. The molecule has 4 aromatic heterocycles. The summed E-state index contributed by atoms with van der Waals surface area (Å²) < 4.78 is 19.0. The number of aromatic nitrogens is 5. The highest BCUT2D eigenvalue weighted by Crippen LogP contribution is 2.46. The highest BCUT2D eigenvalue weighted by Gasteiger charge is 2.47. The molecule has 0 saturated carbocycles. The van der Waals surface area contributed by atoms with Crippen LogP contribution in [0.3, 0.4) is 0 Å². The highest BCUT2D eigenvalue weighted by molar-refractivity contribution is 5.86. The molecular formula is C28H21FN6O. The summed E-state index contributed by atoms with van der Waals surface area (Å²) in [7, 11) is 0. The lowest BCUT2D eigenvalue weighted by Gasteiger charge is -2.41. The molecule has 6 aromatic rings. The Kier molecular flexibility index (Phi) is 4.62. The average Bonchev–Trinajstić information content (AvgIpc) is 3.69. The Morgan fingerprint density at radius 2 is 1.86 bits per heavy atom. The molecule has 0 saturated heterocycles. The van der Waals surface area contributed by atoms with Crippen LogP contribution < -0.4 is 5.32 Å². The number of aromatic amines is 2. The lowest BCUT2D eigenvalue weighted by Crippen LogP contribution is -2.50. The molecule has 1 unspecified atom stereocenters. The van der Waals surface area contributed by atoms with Gasteiger partial charge in [-0.25, -0.2) is 9.37 Å². The highest BCUT2D eigenvalue weighted by atomic mass is 19.1. The van der Waals surface area contributed by atoms with Crippen LogP contribution in [-0.2, 0) is 12.0 Å². The molecule has 0 spiro atoms. The van der Waals surface area contributed by atoms with Crippen LogP contribution >= 0.6 is 0 Å². The van der Waals surface area contributed by atoms with E-state index in [1.807, 2.05) is 24.4 Å². The molecule has 176 valence electrons. The summed E-state index contributed by atoms with van der Waals surface area (Å²) in [6.45, 7) is 0. The zero-order chi connectivity index (χ0) is 24.1. The van der Waals surface area contributed by atoms with Crippen molar-refractivity contribution in [2.75, 3.05) is 0 Å². The van der Waals surface area contributed by atoms with E-state index in [0.29, 0.717) is 18.1 Å². The maximum absolute atomic E-state index is 13.4. The van der Waals surface area contributed by atoms with Crippen LogP contribution in [0.25, 0.3) is 22.3 Å². The number of rotatable bonds is 4. The van der Waals surface area contributed by atoms with Gasteiger partial charge < -0.3 is 9.40 Å². The van der Waals surface area contributed by atoms with Crippen molar-refractivity contribution in [1.29, 1.82) is 0 Å². The summed E-state index contributed by atoms with van der Waals surface area (Å²) in [5, 5.41) is 12.6. The van der Waals surface area contributed by atoms with E-state index < -0.39 is 5.54 Å². The standard InChI is InChI=1S/C28H21FN6O/c29-20-9-7-17(8-10-20)26-32-27(35-34-26)24-14-22-21-5-1-2-6-23(21)31-25(22)28(33-24,19-11-13-36-16-19)18-4-3-12-30-15-18/h1-13,15-16,24,31,33H,14H2,(H,32,34,35)/t24-,28?/m1/s1. The molecule has 2 aromatic carbocycles. The summed E-state index contributed by atoms with van der Waals surface area (Å²) in [5.74, 6) is 0.922. The van der Waals surface area contributed by atoms with Crippen molar-refractivity contribution < 1.29 is 8.81 Å². The minimum Gasteiger partial charge on any atom is -0.472 e. The number of nitrogens with zero attached hydrogens (tertiary/aromatic N) is 3. The second-order valence-electron chi connectivity index (χ2n) is 8.98. The number of para-hydroxylation sites is 1. The monoisotopic (exact) mass is 476 g/mol. The van der Waals surface area contributed by atoms with E-state index in [4.69, 9.17) is 9.40 Å². The smallest absolute Gasteiger partial charge is 0.181 e. The molecule has 7 rings (SSSR count). The summed E-state index contributed by atoms with van der Waals surface area (Å²) in [4.78, 5) is 12.9. The molecule has 1 aliphatic heterocycles. The summed E-state index contributed by atoms with van der Waals surface area (Å²) in [5.41, 5.74) is 5.21. The van der Waals surface area contributed by atoms with Gasteiger partial charge in [-0.3, -0.25) is 15.4 Å². The second-order valence-corrected chi connectivity index (χ2v) is 8.98. The van der Waals surface area contributed by atoms with Gasteiger partial charge in [0, 0.05) is 45.7 Å². The maximum atomic E-state index is 13.4. The van der Waals surface area contributed by atoms with Gasteiger partial charge in [0.05, 0.1) is 18.6 Å². The molecule has 0 radical (unpaired) electrons. The van der Waals surface area contributed by atoms with Gasteiger partial charge in [0.2, 0.25) is 0 Å². The number of benzene rings is 2. The summed E-state index contributed by atoms with van der Waals surface area (Å²) in [6, 6.07) is 20.3. The number of H-pyrrole nitrogens is 2. The number of nitrogens with one attached hydrogen (secondary N) is 3. The number of fused-ring (bicyclic) bond motifs is 3. The van der Waals surface area contributed by atoms with Gasteiger partial charge >= 0.3 is 0 Å². The van der Waals surface area contributed by atoms with Crippen molar-refractivity contribution in [2.45, 2.75) is 18.0 Å². The third-order valence-corrected chi connectivity index (χ3v) is 6.97. The number of furan rings is 1. The SMILES string of the molecule is Fc1ccc(-c2n[nH]c([C@H]3Cc4c([nH]c5ccccc45)C(c4cccnc4)(c4ccoc4)N3)n2)cc1. The minimum absolute atomic E-state index is 0.200. The van der Waals surface area contributed by atoms with E-state index in [0.717, 1.165) is 33.3 Å². The van der Waals surface area contributed by atoms with Crippen molar-refractivity contribution in [3.63, 3.8) is 0 Å². The van der Waals surface area contributed by atoms with Crippen molar-refractivity contribution in [1.82, 2.24) is 30.5 Å². The first-order valence-electron chi connectivity index (χ1n) is 11.7. The minimum atomic E-state index is -0.763. The topological polar surface area (TPSA) is 95.4 Å². The third kappa shape index (κ3) is 3.11. The van der Waals surface area contributed by atoms with E-state index in [1.54, 1.807) is 30.9 Å². The van der Waals surface area contributed by atoms with Crippen molar-refractivity contribution in [3.8, 4) is 11.4 Å². The molecule has 2 atom stereocenters. The van der Waals surface area contributed by atoms with Gasteiger partial charge in [0.15, 0.2) is 5.82 Å². The number of hydrogen-bond donors (Lipinski definition) is 3. The molecule has 0 bridgehead atoms. The van der Waals surface area contributed by atoms with Crippen LogP contribution in [-0.4, -0.2) is 25.1 Å². The van der Waals surface area contributed by atoms with Crippen molar-refractivity contribution >= 4 is 10.9 Å². The van der Waals surface area contributed by atoms with E-state index in [9.17, 15) is 4.39 Å². The fraction of sp³-hybridized carbons (Fsp3) is 0.107. The molecule has 1 aliphatic rings. The normalized spacial score (nSPS) is 19.4. The summed E-state index contributed by atoms with van der Waals surface area (Å²) >= 11 is 0. The molecular weight excluding hydrogens is 455 g/mol. The van der Waals surface area contributed by atoms with E-state index in [-0.39, 0.29) is 11.9 Å². The third-order valence-electron chi connectivity index (χ3n) is 6.97. The predicted molar refractivity (Wildman–Crippen MR) is 132 cm³/mol.